The topological polar surface area (TPSA) is 75.7 Å². The highest BCUT2D eigenvalue weighted by Crippen LogP contribution is 2.12. The number of rotatable bonds is 7. The van der Waals surface area contributed by atoms with Crippen molar-refractivity contribution in [2.45, 2.75) is 41.0 Å². The van der Waals surface area contributed by atoms with E-state index in [9.17, 15) is 14.4 Å². The van der Waals surface area contributed by atoms with Crippen LogP contribution >= 0.6 is 0 Å². The van der Waals surface area contributed by atoms with Crippen LogP contribution in [0.2, 0.25) is 0 Å². The van der Waals surface area contributed by atoms with E-state index in [-0.39, 0.29) is 31.5 Å². The zero-order valence-corrected chi connectivity index (χ0v) is 13.1. The van der Waals surface area contributed by atoms with Crippen molar-refractivity contribution >= 4 is 17.8 Å². The number of nitrogens with zero attached hydrogens (tertiary/aromatic N) is 1. The minimum absolute atomic E-state index is 0.0775. The highest BCUT2D eigenvalue weighted by Gasteiger charge is 2.23. The van der Waals surface area contributed by atoms with Crippen molar-refractivity contribution in [2.75, 3.05) is 26.2 Å². The first-order valence-electron chi connectivity index (χ1n) is 6.94. The van der Waals surface area contributed by atoms with Crippen LogP contribution in [0, 0.1) is 5.41 Å². The molecular formula is C14H26N2O4. The molecule has 0 aromatic carbocycles. The summed E-state index contributed by atoms with van der Waals surface area (Å²) in [5.74, 6) is -0.910. The van der Waals surface area contributed by atoms with E-state index in [2.05, 4.69) is 5.32 Å². The molecule has 0 aliphatic heterocycles. The Labute approximate surface area is 120 Å². The molecule has 0 aromatic rings. The van der Waals surface area contributed by atoms with Gasteiger partial charge < -0.3 is 15.0 Å². The Morgan fingerprint density at radius 3 is 2.20 bits per heavy atom. The normalized spacial score (nSPS) is 10.8. The average Bonchev–Trinajstić information content (AvgIpc) is 2.34. The minimum atomic E-state index is -0.545. The molecule has 0 heterocycles. The van der Waals surface area contributed by atoms with Gasteiger partial charge in [-0.2, -0.15) is 0 Å². The smallest absolute Gasteiger partial charge is 0.325 e. The number of esters is 1. The second kappa shape index (κ2) is 8.55. The molecule has 0 atom stereocenters. The summed E-state index contributed by atoms with van der Waals surface area (Å²) in [7, 11) is 0. The molecule has 0 bridgehead atoms. The summed E-state index contributed by atoms with van der Waals surface area (Å²) in [6, 6.07) is 0. The molecule has 2 amide bonds. The van der Waals surface area contributed by atoms with Gasteiger partial charge in [-0.25, -0.2) is 0 Å². The van der Waals surface area contributed by atoms with Crippen LogP contribution in [0.3, 0.4) is 0 Å². The molecule has 116 valence electrons. The first-order chi connectivity index (χ1) is 9.22. The van der Waals surface area contributed by atoms with Gasteiger partial charge in [-0.05, 0) is 13.3 Å². The number of nitrogens with one attached hydrogen (secondary N) is 1. The van der Waals surface area contributed by atoms with E-state index in [4.69, 9.17) is 4.74 Å². The van der Waals surface area contributed by atoms with Crippen molar-refractivity contribution < 1.29 is 19.1 Å². The number of carbonyl (C=O) groups is 3. The van der Waals surface area contributed by atoms with E-state index in [0.717, 1.165) is 6.42 Å². The molecule has 0 aliphatic carbocycles. The monoisotopic (exact) mass is 286 g/mol. The summed E-state index contributed by atoms with van der Waals surface area (Å²) in [4.78, 5) is 36.5. The van der Waals surface area contributed by atoms with Crippen LogP contribution in [0.1, 0.15) is 41.0 Å². The highest BCUT2D eigenvalue weighted by atomic mass is 16.5. The zero-order valence-electron chi connectivity index (χ0n) is 13.1. The summed E-state index contributed by atoms with van der Waals surface area (Å²) in [5.41, 5.74) is -0.545. The van der Waals surface area contributed by atoms with E-state index in [0.29, 0.717) is 6.54 Å². The Morgan fingerprint density at radius 2 is 1.75 bits per heavy atom. The van der Waals surface area contributed by atoms with Gasteiger partial charge >= 0.3 is 5.97 Å². The summed E-state index contributed by atoms with van der Waals surface area (Å²) in [6.45, 7) is 9.52. The molecule has 0 rings (SSSR count). The summed E-state index contributed by atoms with van der Waals surface area (Å²) < 4.78 is 4.83. The van der Waals surface area contributed by atoms with Gasteiger partial charge in [0.2, 0.25) is 11.8 Å². The summed E-state index contributed by atoms with van der Waals surface area (Å²) in [5, 5.41) is 2.58. The summed E-state index contributed by atoms with van der Waals surface area (Å²) >= 11 is 0. The first-order valence-corrected chi connectivity index (χ1v) is 6.94. The molecule has 1 N–H and O–H groups in total. The molecule has 0 unspecified atom stereocenters. The maximum Gasteiger partial charge on any atom is 0.325 e. The molecule has 0 saturated carbocycles. The minimum Gasteiger partial charge on any atom is -0.465 e. The molecule has 6 heteroatoms. The van der Waals surface area contributed by atoms with Gasteiger partial charge in [-0.15, -0.1) is 0 Å². The molecule has 0 saturated heterocycles. The molecule has 0 aromatic heterocycles. The number of carbonyl (C=O) groups excluding carboxylic acids is 3. The molecule has 0 radical (unpaired) electrons. The van der Waals surface area contributed by atoms with Crippen LogP contribution in [0.15, 0.2) is 0 Å². The van der Waals surface area contributed by atoms with Crippen molar-refractivity contribution in [2.24, 2.45) is 5.41 Å². The maximum atomic E-state index is 12.0. The lowest BCUT2D eigenvalue weighted by molar-refractivity contribution is -0.148. The predicted octanol–water partition coefficient (Wildman–Crippen LogP) is 0.950. The number of ether oxygens (including phenoxy) is 1. The maximum absolute atomic E-state index is 12.0. The fourth-order valence-electron chi connectivity index (χ4n) is 1.46. The first kappa shape index (κ1) is 18.4. The number of hydrogen-bond acceptors (Lipinski definition) is 4. The van der Waals surface area contributed by atoms with Crippen LogP contribution in [-0.4, -0.2) is 48.9 Å². The van der Waals surface area contributed by atoms with E-state index in [1.807, 2.05) is 6.92 Å². The van der Waals surface area contributed by atoms with Crippen LogP contribution in [0.5, 0.6) is 0 Å². The van der Waals surface area contributed by atoms with Crippen LogP contribution in [-0.2, 0) is 19.1 Å². The Kier molecular flexibility index (Phi) is 7.87. The average molecular weight is 286 g/mol. The Morgan fingerprint density at radius 1 is 1.15 bits per heavy atom. The quantitative estimate of drug-likeness (QED) is 0.707. The van der Waals surface area contributed by atoms with Crippen molar-refractivity contribution in [3.8, 4) is 0 Å². The lowest BCUT2D eigenvalue weighted by atomic mass is 9.96. The van der Waals surface area contributed by atoms with Gasteiger partial charge in [-0.3, -0.25) is 14.4 Å². The molecule has 6 nitrogen and oxygen atoms in total. The number of amides is 2. The van der Waals surface area contributed by atoms with Crippen molar-refractivity contribution in [3.05, 3.63) is 0 Å². The largest absolute Gasteiger partial charge is 0.465 e. The fourth-order valence-corrected chi connectivity index (χ4v) is 1.46. The van der Waals surface area contributed by atoms with Gasteiger partial charge in [0, 0.05) is 12.0 Å². The highest BCUT2D eigenvalue weighted by molar-refractivity contribution is 5.88. The lowest BCUT2D eigenvalue weighted by Gasteiger charge is -2.23. The van der Waals surface area contributed by atoms with Gasteiger partial charge in [-0.1, -0.05) is 27.7 Å². The second-order valence-corrected chi connectivity index (χ2v) is 5.55. The number of hydrogen-bond donors (Lipinski definition) is 1. The van der Waals surface area contributed by atoms with E-state index in [1.165, 1.54) is 4.90 Å². The molecule has 0 fully saturated rings. The Balaban J connectivity index is 4.43. The Bertz CT molecular complexity index is 348. The standard InChI is InChI=1S/C14H26N2O4/c1-6-8-16(10-12(18)20-7-2)11(17)9-15-13(19)14(3,4)5/h6-10H2,1-5H3,(H,15,19). The SMILES string of the molecule is CCCN(CC(=O)OCC)C(=O)CNC(=O)C(C)(C)C. The zero-order chi connectivity index (χ0) is 15.8. The lowest BCUT2D eigenvalue weighted by Crippen LogP contribution is -2.45. The van der Waals surface area contributed by atoms with E-state index < -0.39 is 11.4 Å². The third-order valence-corrected chi connectivity index (χ3v) is 2.55. The molecule has 0 spiro atoms. The van der Waals surface area contributed by atoms with Crippen molar-refractivity contribution in [3.63, 3.8) is 0 Å². The second-order valence-electron chi connectivity index (χ2n) is 5.55. The van der Waals surface area contributed by atoms with Crippen LogP contribution < -0.4 is 5.32 Å². The van der Waals surface area contributed by atoms with Gasteiger partial charge in [0.15, 0.2) is 0 Å². The summed E-state index contributed by atoms with van der Waals surface area (Å²) in [6.07, 6.45) is 0.734. The molecule has 20 heavy (non-hydrogen) atoms. The fraction of sp³-hybridized carbons (Fsp3) is 0.786. The predicted molar refractivity (Wildman–Crippen MR) is 76.0 cm³/mol. The van der Waals surface area contributed by atoms with E-state index >= 15 is 0 Å². The third-order valence-electron chi connectivity index (χ3n) is 2.55. The Hall–Kier alpha value is -1.59. The van der Waals surface area contributed by atoms with E-state index in [1.54, 1.807) is 27.7 Å². The van der Waals surface area contributed by atoms with Crippen molar-refractivity contribution in [1.29, 1.82) is 0 Å². The molecule has 0 aliphatic rings. The molecular weight excluding hydrogens is 260 g/mol. The van der Waals surface area contributed by atoms with Gasteiger partial charge in [0.1, 0.15) is 6.54 Å². The van der Waals surface area contributed by atoms with Crippen molar-refractivity contribution in [1.82, 2.24) is 10.2 Å². The third kappa shape index (κ3) is 7.11. The van der Waals surface area contributed by atoms with Crippen LogP contribution in [0.4, 0.5) is 0 Å². The van der Waals surface area contributed by atoms with Crippen LogP contribution in [0.25, 0.3) is 0 Å². The van der Waals surface area contributed by atoms with Gasteiger partial charge in [0.25, 0.3) is 0 Å². The van der Waals surface area contributed by atoms with Gasteiger partial charge in [0.05, 0.1) is 13.2 Å².